The largest absolute Gasteiger partial charge is 0.325 e. The van der Waals surface area contributed by atoms with Crippen molar-refractivity contribution in [2.45, 2.75) is 38.1 Å². The number of aromatic nitrogens is 3. The average molecular weight is 180 g/mol. The van der Waals surface area contributed by atoms with Crippen molar-refractivity contribution in [3.05, 3.63) is 11.4 Å². The molecule has 0 spiro atoms. The van der Waals surface area contributed by atoms with Crippen LogP contribution >= 0.6 is 0 Å². The van der Waals surface area contributed by atoms with Gasteiger partial charge in [0.2, 0.25) is 0 Å². The summed E-state index contributed by atoms with van der Waals surface area (Å²) in [6.45, 7) is 0.514. The minimum absolute atomic E-state index is 0.514. The lowest BCUT2D eigenvalue weighted by Crippen LogP contribution is -2.07. The molecule has 13 heavy (non-hydrogen) atoms. The van der Waals surface area contributed by atoms with Crippen LogP contribution in [0.5, 0.6) is 0 Å². The summed E-state index contributed by atoms with van der Waals surface area (Å²) in [6, 6.07) is 0. The molecule has 0 saturated heterocycles. The first-order valence-corrected chi connectivity index (χ1v) is 4.91. The Balaban J connectivity index is 2.30. The van der Waals surface area contributed by atoms with Gasteiger partial charge in [0.1, 0.15) is 0 Å². The third-order valence-electron chi connectivity index (χ3n) is 2.88. The molecule has 0 radical (unpaired) electrons. The molecule has 2 N–H and O–H groups in total. The van der Waals surface area contributed by atoms with Crippen LogP contribution in [0.1, 0.15) is 43.0 Å². The fourth-order valence-corrected chi connectivity index (χ4v) is 2.25. The highest BCUT2D eigenvalue weighted by molar-refractivity contribution is 5.16. The van der Waals surface area contributed by atoms with E-state index < -0.39 is 0 Å². The Kier molecular flexibility index (Phi) is 2.31. The lowest BCUT2D eigenvalue weighted by molar-refractivity contribution is 0.604. The molecule has 1 aromatic rings. The van der Waals surface area contributed by atoms with E-state index >= 15 is 0 Å². The van der Waals surface area contributed by atoms with Gasteiger partial charge < -0.3 is 5.73 Å². The molecule has 0 atom stereocenters. The van der Waals surface area contributed by atoms with Gasteiger partial charge in [0, 0.05) is 19.5 Å². The van der Waals surface area contributed by atoms with Gasteiger partial charge >= 0.3 is 0 Å². The van der Waals surface area contributed by atoms with E-state index in [1.807, 2.05) is 11.7 Å². The van der Waals surface area contributed by atoms with Gasteiger partial charge in [-0.05, 0) is 12.8 Å². The van der Waals surface area contributed by atoms with Crippen LogP contribution in [0.3, 0.4) is 0 Å². The van der Waals surface area contributed by atoms with Crippen LogP contribution < -0.4 is 5.73 Å². The highest BCUT2D eigenvalue weighted by Crippen LogP contribution is 2.34. The van der Waals surface area contributed by atoms with Crippen molar-refractivity contribution in [2.75, 3.05) is 0 Å². The molecule has 0 amide bonds. The second-order valence-electron chi connectivity index (χ2n) is 3.73. The summed E-state index contributed by atoms with van der Waals surface area (Å²) < 4.78 is 1.89. The van der Waals surface area contributed by atoms with E-state index in [2.05, 4.69) is 10.3 Å². The second-order valence-corrected chi connectivity index (χ2v) is 3.73. The van der Waals surface area contributed by atoms with E-state index in [4.69, 9.17) is 5.73 Å². The molecule has 4 heteroatoms. The Morgan fingerprint density at radius 1 is 1.46 bits per heavy atom. The summed E-state index contributed by atoms with van der Waals surface area (Å²) in [5.41, 5.74) is 7.86. The maximum absolute atomic E-state index is 5.62. The van der Waals surface area contributed by atoms with Gasteiger partial charge in [0.25, 0.3) is 0 Å². The predicted octanol–water partition coefficient (Wildman–Crippen LogP) is 0.931. The van der Waals surface area contributed by atoms with Crippen LogP contribution in [0, 0.1) is 0 Å². The van der Waals surface area contributed by atoms with Crippen LogP contribution in [0.25, 0.3) is 0 Å². The number of nitrogens with two attached hydrogens (primary N) is 1. The molecule has 72 valence electrons. The van der Waals surface area contributed by atoms with Crippen molar-refractivity contribution < 1.29 is 0 Å². The van der Waals surface area contributed by atoms with Crippen LogP contribution in [0.15, 0.2) is 0 Å². The van der Waals surface area contributed by atoms with Crippen LogP contribution in [-0.4, -0.2) is 15.0 Å². The Hall–Kier alpha value is -0.900. The zero-order valence-corrected chi connectivity index (χ0v) is 8.03. The van der Waals surface area contributed by atoms with Crippen LogP contribution in [-0.2, 0) is 13.6 Å². The lowest BCUT2D eigenvalue weighted by Gasteiger charge is -2.09. The molecule has 1 fully saturated rings. The Morgan fingerprint density at radius 2 is 2.15 bits per heavy atom. The number of aryl methyl sites for hydroxylation is 1. The molecule has 2 rings (SSSR count). The first-order valence-electron chi connectivity index (χ1n) is 4.91. The van der Waals surface area contributed by atoms with Crippen molar-refractivity contribution >= 4 is 0 Å². The number of hydrogen-bond acceptors (Lipinski definition) is 3. The molecular formula is C9H16N4. The zero-order chi connectivity index (χ0) is 9.26. The van der Waals surface area contributed by atoms with E-state index in [0.717, 1.165) is 5.69 Å². The molecular weight excluding hydrogens is 164 g/mol. The summed E-state index contributed by atoms with van der Waals surface area (Å²) in [4.78, 5) is 0. The zero-order valence-electron chi connectivity index (χ0n) is 8.03. The SMILES string of the molecule is Cn1nnc(CN)c1C1CCCC1. The first-order chi connectivity index (χ1) is 6.33. The van der Waals surface area contributed by atoms with Crippen molar-refractivity contribution in [1.82, 2.24) is 15.0 Å². The van der Waals surface area contributed by atoms with Crippen molar-refractivity contribution in [2.24, 2.45) is 12.8 Å². The number of hydrogen-bond donors (Lipinski definition) is 1. The number of rotatable bonds is 2. The van der Waals surface area contributed by atoms with E-state index in [-0.39, 0.29) is 0 Å². The van der Waals surface area contributed by atoms with E-state index in [1.54, 1.807) is 0 Å². The summed E-state index contributed by atoms with van der Waals surface area (Å²) in [5.74, 6) is 0.651. The van der Waals surface area contributed by atoms with Crippen molar-refractivity contribution in [3.8, 4) is 0 Å². The van der Waals surface area contributed by atoms with Gasteiger partial charge in [-0.15, -0.1) is 5.10 Å². The highest BCUT2D eigenvalue weighted by Gasteiger charge is 2.23. The van der Waals surface area contributed by atoms with E-state index in [1.165, 1.54) is 31.4 Å². The summed E-state index contributed by atoms with van der Waals surface area (Å²) in [7, 11) is 1.96. The Morgan fingerprint density at radius 3 is 2.77 bits per heavy atom. The summed E-state index contributed by atoms with van der Waals surface area (Å²) in [6.07, 6.45) is 5.21. The number of nitrogens with zero attached hydrogens (tertiary/aromatic N) is 3. The highest BCUT2D eigenvalue weighted by atomic mass is 15.4. The molecule has 0 bridgehead atoms. The first kappa shape index (κ1) is 8.69. The van der Waals surface area contributed by atoms with Crippen LogP contribution in [0.4, 0.5) is 0 Å². The molecule has 1 aliphatic rings. The van der Waals surface area contributed by atoms with Crippen molar-refractivity contribution in [1.29, 1.82) is 0 Å². The Bertz CT molecular complexity index is 286. The lowest BCUT2D eigenvalue weighted by atomic mass is 10.0. The van der Waals surface area contributed by atoms with Gasteiger partial charge in [-0.1, -0.05) is 18.1 Å². The van der Waals surface area contributed by atoms with Gasteiger partial charge in [-0.25, -0.2) is 0 Å². The van der Waals surface area contributed by atoms with Crippen LogP contribution in [0.2, 0.25) is 0 Å². The summed E-state index contributed by atoms with van der Waals surface area (Å²) >= 11 is 0. The molecule has 0 aliphatic heterocycles. The fraction of sp³-hybridized carbons (Fsp3) is 0.778. The molecule has 1 aliphatic carbocycles. The maximum atomic E-state index is 5.62. The quantitative estimate of drug-likeness (QED) is 0.736. The predicted molar refractivity (Wildman–Crippen MR) is 50.1 cm³/mol. The smallest absolute Gasteiger partial charge is 0.0997 e. The molecule has 1 aromatic heterocycles. The van der Waals surface area contributed by atoms with Gasteiger partial charge in [-0.3, -0.25) is 4.68 Å². The third-order valence-corrected chi connectivity index (χ3v) is 2.88. The molecule has 1 saturated carbocycles. The molecule has 1 heterocycles. The third kappa shape index (κ3) is 1.46. The monoisotopic (exact) mass is 180 g/mol. The fourth-order valence-electron chi connectivity index (χ4n) is 2.25. The van der Waals surface area contributed by atoms with Gasteiger partial charge in [0.05, 0.1) is 11.4 Å². The minimum Gasteiger partial charge on any atom is -0.325 e. The van der Waals surface area contributed by atoms with E-state index in [9.17, 15) is 0 Å². The second kappa shape index (κ2) is 3.46. The average Bonchev–Trinajstić information content (AvgIpc) is 2.72. The minimum atomic E-state index is 0.514. The molecule has 4 nitrogen and oxygen atoms in total. The topological polar surface area (TPSA) is 56.7 Å². The normalized spacial score (nSPS) is 18.3. The summed E-state index contributed by atoms with van der Waals surface area (Å²) in [5, 5.41) is 8.09. The van der Waals surface area contributed by atoms with E-state index in [0.29, 0.717) is 12.5 Å². The molecule has 0 unspecified atom stereocenters. The maximum Gasteiger partial charge on any atom is 0.0997 e. The standard InChI is InChI=1S/C9H16N4/c1-13-9(7-4-2-3-5-7)8(6-10)11-12-13/h7H,2-6,10H2,1H3. The van der Waals surface area contributed by atoms with Gasteiger partial charge in [0.15, 0.2) is 0 Å². The van der Waals surface area contributed by atoms with Crippen molar-refractivity contribution in [3.63, 3.8) is 0 Å². The van der Waals surface area contributed by atoms with Gasteiger partial charge in [-0.2, -0.15) is 0 Å². The molecule has 0 aromatic carbocycles. The Labute approximate surface area is 78.1 Å².